The summed E-state index contributed by atoms with van der Waals surface area (Å²) in [5.41, 5.74) is 1.88. The van der Waals surface area contributed by atoms with Crippen molar-refractivity contribution in [2.45, 2.75) is 18.7 Å². The summed E-state index contributed by atoms with van der Waals surface area (Å²) in [5, 5.41) is 9.15. The number of rotatable bonds is 5. The Hall–Kier alpha value is -2.31. The number of H-pyrrole nitrogens is 1. The van der Waals surface area contributed by atoms with Crippen molar-refractivity contribution >= 4 is 59.4 Å². The van der Waals surface area contributed by atoms with Crippen LogP contribution in [0.5, 0.6) is 0 Å². The minimum atomic E-state index is -3.87. The molecule has 2 aromatic heterocycles. The number of carbonyl (C=O) groups excluding carboxylic acids is 1. The molecule has 3 aromatic rings. The van der Waals surface area contributed by atoms with Gasteiger partial charge >= 0.3 is 0 Å². The van der Waals surface area contributed by atoms with Gasteiger partial charge in [-0.05, 0) is 76.0 Å². The number of nitrogens with zero attached hydrogens (tertiary/aromatic N) is 3. The molecule has 0 saturated heterocycles. The molecule has 3 rings (SSSR count). The van der Waals surface area contributed by atoms with Crippen LogP contribution in [0, 0.1) is 13.8 Å². The topological polar surface area (TPSA) is 130 Å². The number of halogens is 2. The van der Waals surface area contributed by atoms with E-state index in [0.29, 0.717) is 26.2 Å². The van der Waals surface area contributed by atoms with E-state index in [0.717, 1.165) is 0 Å². The number of aromatic amines is 1. The Morgan fingerprint density at radius 3 is 2.21 bits per heavy atom. The van der Waals surface area contributed by atoms with Gasteiger partial charge in [0.15, 0.2) is 5.69 Å². The van der Waals surface area contributed by atoms with E-state index in [-0.39, 0.29) is 16.5 Å². The van der Waals surface area contributed by atoms with Crippen LogP contribution in [0.1, 0.15) is 21.9 Å². The molecule has 1 aromatic carbocycles. The molecule has 0 aliphatic rings. The van der Waals surface area contributed by atoms with Gasteiger partial charge in [0.05, 0.1) is 9.37 Å². The SMILES string of the molecule is Cc1cc(C)nc(NS(=O)(=O)c2ccc(NC(=O)c3n[nH]c(Br)c3Br)cc2)n1. The maximum atomic E-state index is 12.5. The average molecular weight is 530 g/mol. The molecule has 0 aliphatic heterocycles. The zero-order chi connectivity index (χ0) is 20.5. The fourth-order valence-corrected chi connectivity index (χ4v) is 3.89. The van der Waals surface area contributed by atoms with Crippen molar-refractivity contribution in [3.05, 3.63) is 56.5 Å². The first-order valence-corrected chi connectivity index (χ1v) is 10.9. The third kappa shape index (κ3) is 4.56. The summed E-state index contributed by atoms with van der Waals surface area (Å²) in [6.07, 6.45) is 0. The van der Waals surface area contributed by atoms with E-state index in [1.54, 1.807) is 19.9 Å². The molecule has 0 spiro atoms. The second-order valence-electron chi connectivity index (χ2n) is 5.76. The third-order valence-electron chi connectivity index (χ3n) is 3.51. The van der Waals surface area contributed by atoms with Crippen LogP contribution in [0.25, 0.3) is 0 Å². The van der Waals surface area contributed by atoms with Gasteiger partial charge < -0.3 is 5.32 Å². The predicted octanol–water partition coefficient (Wildman–Crippen LogP) is 3.39. The molecule has 12 heteroatoms. The quantitative estimate of drug-likeness (QED) is 0.464. The summed E-state index contributed by atoms with van der Waals surface area (Å²) >= 11 is 6.45. The van der Waals surface area contributed by atoms with Gasteiger partial charge in [-0.2, -0.15) is 5.10 Å². The number of amides is 1. The number of aryl methyl sites for hydroxylation is 2. The molecule has 0 saturated carbocycles. The number of benzene rings is 1. The van der Waals surface area contributed by atoms with Gasteiger partial charge in [0.25, 0.3) is 15.9 Å². The molecular weight excluding hydrogens is 516 g/mol. The van der Waals surface area contributed by atoms with Gasteiger partial charge in [0.2, 0.25) is 5.95 Å². The molecule has 28 heavy (non-hydrogen) atoms. The first-order chi connectivity index (χ1) is 13.2. The second-order valence-corrected chi connectivity index (χ2v) is 9.03. The highest BCUT2D eigenvalue weighted by atomic mass is 79.9. The molecule has 0 unspecified atom stereocenters. The second kappa shape index (κ2) is 7.97. The van der Waals surface area contributed by atoms with E-state index >= 15 is 0 Å². The Morgan fingerprint density at radius 2 is 1.68 bits per heavy atom. The van der Waals surface area contributed by atoms with Gasteiger partial charge in [-0.3, -0.25) is 9.89 Å². The molecule has 9 nitrogen and oxygen atoms in total. The van der Waals surface area contributed by atoms with Crippen molar-refractivity contribution < 1.29 is 13.2 Å². The molecule has 1 amide bonds. The Kier molecular flexibility index (Phi) is 5.82. The Morgan fingerprint density at radius 1 is 1.07 bits per heavy atom. The van der Waals surface area contributed by atoms with Crippen LogP contribution in [0.15, 0.2) is 44.3 Å². The van der Waals surface area contributed by atoms with E-state index in [1.807, 2.05) is 0 Å². The van der Waals surface area contributed by atoms with Crippen LogP contribution < -0.4 is 10.0 Å². The van der Waals surface area contributed by atoms with E-state index in [2.05, 4.69) is 62.1 Å². The van der Waals surface area contributed by atoms with Crippen LogP contribution >= 0.6 is 31.9 Å². The molecule has 3 N–H and O–H groups in total. The molecule has 2 heterocycles. The standard InChI is InChI=1S/C16H14Br2N6O3S/c1-8-7-9(2)20-16(19-8)24-28(26,27)11-5-3-10(4-6-11)21-15(25)13-12(17)14(18)23-22-13/h3-7H,1-2H3,(H,21,25)(H,22,23)(H,19,20,24). The lowest BCUT2D eigenvalue weighted by Crippen LogP contribution is -2.16. The van der Waals surface area contributed by atoms with E-state index in [4.69, 9.17) is 0 Å². The highest BCUT2D eigenvalue weighted by Crippen LogP contribution is 2.25. The minimum Gasteiger partial charge on any atom is -0.321 e. The van der Waals surface area contributed by atoms with Crippen molar-refractivity contribution in [1.29, 1.82) is 0 Å². The highest BCUT2D eigenvalue weighted by molar-refractivity contribution is 9.13. The highest BCUT2D eigenvalue weighted by Gasteiger charge is 2.18. The molecule has 0 aliphatic carbocycles. The van der Waals surface area contributed by atoms with Gasteiger partial charge in [0.1, 0.15) is 4.60 Å². The number of sulfonamides is 1. The number of aromatic nitrogens is 4. The lowest BCUT2D eigenvalue weighted by molar-refractivity contribution is 0.102. The first kappa shape index (κ1) is 20.4. The lowest BCUT2D eigenvalue weighted by Gasteiger charge is -2.09. The van der Waals surface area contributed by atoms with Gasteiger partial charge in [-0.15, -0.1) is 0 Å². The number of hydrogen-bond donors (Lipinski definition) is 3. The Balaban J connectivity index is 1.76. The van der Waals surface area contributed by atoms with Crippen molar-refractivity contribution in [2.24, 2.45) is 0 Å². The first-order valence-electron chi connectivity index (χ1n) is 7.81. The average Bonchev–Trinajstić information content (AvgIpc) is 2.93. The third-order valence-corrected chi connectivity index (χ3v) is 6.73. The summed E-state index contributed by atoms with van der Waals surface area (Å²) in [6, 6.07) is 7.44. The summed E-state index contributed by atoms with van der Waals surface area (Å²) in [4.78, 5) is 20.4. The van der Waals surface area contributed by atoms with Crippen LogP contribution in [0.4, 0.5) is 11.6 Å². The van der Waals surface area contributed by atoms with Gasteiger partial charge in [-0.25, -0.2) is 23.1 Å². The molecule has 0 bridgehead atoms. The van der Waals surface area contributed by atoms with E-state index in [9.17, 15) is 13.2 Å². The van der Waals surface area contributed by atoms with E-state index < -0.39 is 15.9 Å². The van der Waals surface area contributed by atoms with Crippen LogP contribution in [-0.4, -0.2) is 34.5 Å². The molecule has 0 fully saturated rings. The normalized spacial score (nSPS) is 11.3. The smallest absolute Gasteiger partial charge is 0.277 e. The summed E-state index contributed by atoms with van der Waals surface area (Å²) in [5.74, 6) is -0.449. The summed E-state index contributed by atoms with van der Waals surface area (Å²) < 4.78 is 28.4. The maximum absolute atomic E-state index is 12.5. The van der Waals surface area contributed by atoms with Gasteiger partial charge in [-0.1, -0.05) is 0 Å². The van der Waals surface area contributed by atoms with Crippen LogP contribution in [-0.2, 0) is 10.0 Å². The minimum absolute atomic E-state index is 0.00355. The van der Waals surface area contributed by atoms with Crippen LogP contribution in [0.2, 0.25) is 0 Å². The van der Waals surface area contributed by atoms with Crippen molar-refractivity contribution in [2.75, 3.05) is 10.0 Å². The zero-order valence-corrected chi connectivity index (χ0v) is 18.6. The van der Waals surface area contributed by atoms with Crippen molar-refractivity contribution in [3.8, 4) is 0 Å². The number of nitrogens with one attached hydrogen (secondary N) is 3. The molecular formula is C16H14Br2N6O3S. The fraction of sp³-hybridized carbons (Fsp3) is 0.125. The number of anilines is 2. The van der Waals surface area contributed by atoms with Gasteiger partial charge in [0, 0.05) is 17.1 Å². The predicted molar refractivity (Wildman–Crippen MR) is 111 cm³/mol. The Bertz CT molecular complexity index is 1130. The molecule has 0 atom stereocenters. The largest absolute Gasteiger partial charge is 0.321 e. The molecule has 146 valence electrons. The Labute approximate surface area is 177 Å². The zero-order valence-electron chi connectivity index (χ0n) is 14.6. The maximum Gasteiger partial charge on any atom is 0.277 e. The van der Waals surface area contributed by atoms with Crippen molar-refractivity contribution in [1.82, 2.24) is 20.2 Å². The van der Waals surface area contributed by atoms with Crippen LogP contribution in [0.3, 0.4) is 0 Å². The van der Waals surface area contributed by atoms with E-state index in [1.165, 1.54) is 24.3 Å². The lowest BCUT2D eigenvalue weighted by atomic mass is 10.3. The summed E-state index contributed by atoms with van der Waals surface area (Å²) in [6.45, 7) is 3.50. The number of carbonyl (C=O) groups is 1. The number of hydrogen-bond acceptors (Lipinski definition) is 6. The summed E-state index contributed by atoms with van der Waals surface area (Å²) in [7, 11) is -3.87. The fourth-order valence-electron chi connectivity index (χ4n) is 2.32. The van der Waals surface area contributed by atoms with Crippen molar-refractivity contribution in [3.63, 3.8) is 0 Å². The molecule has 0 radical (unpaired) electrons. The monoisotopic (exact) mass is 528 g/mol.